The number of hydrogen-bond donors (Lipinski definition) is 0. The van der Waals surface area contributed by atoms with Gasteiger partial charge in [0, 0.05) is 11.6 Å². The quantitative estimate of drug-likeness (QED) is 0.236. The highest BCUT2D eigenvalue weighted by Crippen LogP contribution is 2.30. The van der Waals surface area contributed by atoms with E-state index in [1.54, 1.807) is 18.2 Å². The van der Waals surface area contributed by atoms with Crippen LogP contribution in [0, 0.1) is 24.0 Å². The number of ether oxygens (including phenoxy) is 1. The van der Waals surface area contributed by atoms with Gasteiger partial charge in [-0.25, -0.2) is 0 Å². The molecule has 0 saturated carbocycles. The van der Waals surface area contributed by atoms with E-state index in [0.717, 1.165) is 17.2 Å². The fourth-order valence-corrected chi connectivity index (χ4v) is 3.16. The van der Waals surface area contributed by atoms with E-state index in [1.165, 1.54) is 19.1 Å². The number of amides is 2. The second-order valence-electron chi connectivity index (χ2n) is 6.95. The molecule has 0 N–H and O–H groups in total. The first kappa shape index (κ1) is 20.8. The Morgan fingerprint density at radius 2 is 1.80 bits per heavy atom. The number of nitro groups is 1. The molecule has 2 aromatic rings. The van der Waals surface area contributed by atoms with E-state index in [2.05, 4.69) is 0 Å². The third-order valence-electron chi connectivity index (χ3n) is 4.93. The summed E-state index contributed by atoms with van der Waals surface area (Å²) < 4.78 is 5.10. The molecule has 0 bridgehead atoms. The van der Waals surface area contributed by atoms with Crippen molar-refractivity contribution in [1.29, 1.82) is 0 Å². The van der Waals surface area contributed by atoms with Gasteiger partial charge < -0.3 is 4.74 Å². The summed E-state index contributed by atoms with van der Waals surface area (Å²) in [5, 5.41) is 11.1. The molecule has 2 aromatic carbocycles. The van der Waals surface area contributed by atoms with Crippen molar-refractivity contribution in [3.05, 3.63) is 74.3 Å². The number of Topliss-reactive ketones (excluding diaryl/α,β-unsaturated/α-hetero) is 1. The van der Waals surface area contributed by atoms with Crippen LogP contribution in [-0.4, -0.2) is 46.0 Å². The molecule has 0 aromatic heterocycles. The molecule has 1 atom stereocenters. The summed E-state index contributed by atoms with van der Waals surface area (Å²) in [4.78, 5) is 60.7. The Balaban J connectivity index is 1.72. The van der Waals surface area contributed by atoms with Gasteiger partial charge in [-0.15, -0.1) is 0 Å². The Bertz CT molecular complexity index is 1110. The number of carbonyl (C=O) groups excluding carboxylic acids is 4. The Morgan fingerprint density at radius 3 is 2.43 bits per heavy atom. The number of hydrogen-bond acceptors (Lipinski definition) is 7. The standard InChI is InChI=1S/C21H18N2O7/c1-11-7-8-14(9-12(11)2)19(25)13(3)30-17(24)10-22-20(26)15-5-4-6-16(23(28)29)18(15)21(22)27/h4-9,13H,10H2,1-3H3. The van der Waals surface area contributed by atoms with E-state index in [0.29, 0.717) is 10.5 Å². The molecule has 1 unspecified atom stereocenters. The molecule has 154 valence electrons. The van der Waals surface area contributed by atoms with Crippen LogP contribution in [0.2, 0.25) is 0 Å². The van der Waals surface area contributed by atoms with Crippen LogP contribution in [0.4, 0.5) is 5.69 Å². The topological polar surface area (TPSA) is 124 Å². The van der Waals surface area contributed by atoms with Crippen LogP contribution in [0.15, 0.2) is 36.4 Å². The summed E-state index contributed by atoms with van der Waals surface area (Å²) in [5.74, 6) is -3.18. The zero-order chi connectivity index (χ0) is 22.2. The molecule has 1 aliphatic rings. The summed E-state index contributed by atoms with van der Waals surface area (Å²) in [6.07, 6.45) is -1.14. The maximum Gasteiger partial charge on any atom is 0.326 e. The number of imide groups is 1. The van der Waals surface area contributed by atoms with Crippen LogP contribution in [0.25, 0.3) is 0 Å². The molecule has 1 heterocycles. The number of esters is 1. The minimum atomic E-state index is -1.14. The van der Waals surface area contributed by atoms with Crippen molar-refractivity contribution in [3.8, 4) is 0 Å². The number of nitrogens with zero attached hydrogens (tertiary/aromatic N) is 2. The lowest BCUT2D eigenvalue weighted by Gasteiger charge is -2.16. The first-order valence-corrected chi connectivity index (χ1v) is 9.06. The lowest BCUT2D eigenvalue weighted by Crippen LogP contribution is -2.37. The van der Waals surface area contributed by atoms with Gasteiger partial charge >= 0.3 is 5.97 Å². The SMILES string of the molecule is Cc1ccc(C(=O)C(C)OC(=O)CN2C(=O)c3cccc([N+](=O)[O-])c3C2=O)cc1C. The van der Waals surface area contributed by atoms with Crippen LogP contribution in [0.3, 0.4) is 0 Å². The average Bonchev–Trinajstić information content (AvgIpc) is 2.94. The van der Waals surface area contributed by atoms with Crippen molar-refractivity contribution in [2.45, 2.75) is 26.9 Å². The monoisotopic (exact) mass is 410 g/mol. The number of carbonyl (C=O) groups is 4. The number of rotatable bonds is 6. The van der Waals surface area contributed by atoms with Gasteiger partial charge in [0.2, 0.25) is 5.78 Å². The van der Waals surface area contributed by atoms with Crippen molar-refractivity contribution in [2.75, 3.05) is 6.54 Å². The largest absolute Gasteiger partial charge is 0.453 e. The van der Waals surface area contributed by atoms with Gasteiger partial charge in [0.25, 0.3) is 17.5 Å². The highest BCUT2D eigenvalue weighted by molar-refractivity contribution is 6.24. The van der Waals surface area contributed by atoms with Gasteiger partial charge in [-0.05, 0) is 44.0 Å². The van der Waals surface area contributed by atoms with Crippen molar-refractivity contribution >= 4 is 29.3 Å². The summed E-state index contributed by atoms with van der Waals surface area (Å²) in [5.41, 5.74) is 1.26. The van der Waals surface area contributed by atoms with E-state index in [4.69, 9.17) is 4.74 Å². The second kappa shape index (κ2) is 7.86. The van der Waals surface area contributed by atoms with E-state index in [-0.39, 0.29) is 11.1 Å². The van der Waals surface area contributed by atoms with Crippen LogP contribution in [0.5, 0.6) is 0 Å². The fraction of sp³-hybridized carbons (Fsp3) is 0.238. The first-order valence-electron chi connectivity index (χ1n) is 9.06. The maximum absolute atomic E-state index is 12.5. The molecule has 9 nitrogen and oxygen atoms in total. The predicted molar refractivity (Wildman–Crippen MR) is 104 cm³/mol. The Morgan fingerprint density at radius 1 is 1.10 bits per heavy atom. The molecular formula is C21H18N2O7. The van der Waals surface area contributed by atoms with E-state index in [1.807, 2.05) is 13.8 Å². The van der Waals surface area contributed by atoms with Gasteiger partial charge in [0.15, 0.2) is 6.10 Å². The van der Waals surface area contributed by atoms with Crippen molar-refractivity contribution in [1.82, 2.24) is 4.90 Å². The Hall–Kier alpha value is -3.88. The maximum atomic E-state index is 12.5. The molecule has 1 aliphatic heterocycles. The molecule has 0 aliphatic carbocycles. The lowest BCUT2D eigenvalue weighted by atomic mass is 10.0. The summed E-state index contributed by atoms with van der Waals surface area (Å²) in [6.45, 7) is 4.39. The normalized spacial score (nSPS) is 13.8. The zero-order valence-corrected chi connectivity index (χ0v) is 16.5. The van der Waals surface area contributed by atoms with Crippen molar-refractivity contribution in [2.24, 2.45) is 0 Å². The van der Waals surface area contributed by atoms with Gasteiger partial charge in [0.1, 0.15) is 12.1 Å². The minimum Gasteiger partial charge on any atom is -0.453 e. The van der Waals surface area contributed by atoms with Gasteiger partial charge in [-0.3, -0.25) is 34.2 Å². The summed E-state index contributed by atoms with van der Waals surface area (Å²) >= 11 is 0. The highest BCUT2D eigenvalue weighted by Gasteiger charge is 2.42. The molecule has 3 rings (SSSR count). The van der Waals surface area contributed by atoms with Crippen LogP contribution in [0.1, 0.15) is 49.1 Å². The first-order chi connectivity index (χ1) is 14.1. The van der Waals surface area contributed by atoms with Crippen LogP contribution < -0.4 is 0 Å². The molecule has 0 spiro atoms. The fourth-order valence-electron chi connectivity index (χ4n) is 3.16. The van der Waals surface area contributed by atoms with E-state index >= 15 is 0 Å². The molecular weight excluding hydrogens is 392 g/mol. The molecule has 30 heavy (non-hydrogen) atoms. The third kappa shape index (κ3) is 3.69. The summed E-state index contributed by atoms with van der Waals surface area (Å²) in [7, 11) is 0. The molecule has 0 radical (unpaired) electrons. The Kier molecular flexibility index (Phi) is 5.46. The number of fused-ring (bicyclic) bond motifs is 1. The van der Waals surface area contributed by atoms with Gasteiger partial charge in [-0.2, -0.15) is 0 Å². The zero-order valence-electron chi connectivity index (χ0n) is 16.5. The Labute approximate surface area is 171 Å². The second-order valence-corrected chi connectivity index (χ2v) is 6.95. The van der Waals surface area contributed by atoms with Crippen molar-refractivity contribution in [3.63, 3.8) is 0 Å². The number of nitro benzene ring substituents is 1. The molecule has 9 heteroatoms. The minimum absolute atomic E-state index is 0.152. The number of ketones is 1. The summed E-state index contributed by atoms with van der Waals surface area (Å²) in [6, 6.07) is 8.76. The van der Waals surface area contributed by atoms with Gasteiger partial charge in [0.05, 0.1) is 10.5 Å². The van der Waals surface area contributed by atoms with Crippen LogP contribution in [-0.2, 0) is 9.53 Å². The molecule has 2 amide bonds. The van der Waals surface area contributed by atoms with E-state index in [9.17, 15) is 29.3 Å². The third-order valence-corrected chi connectivity index (χ3v) is 4.93. The predicted octanol–water partition coefficient (Wildman–Crippen LogP) is 2.62. The lowest BCUT2D eigenvalue weighted by molar-refractivity contribution is -0.385. The van der Waals surface area contributed by atoms with Crippen molar-refractivity contribution < 1.29 is 28.8 Å². The van der Waals surface area contributed by atoms with Crippen LogP contribution >= 0.6 is 0 Å². The number of aryl methyl sites for hydroxylation is 2. The van der Waals surface area contributed by atoms with E-state index < -0.39 is 46.8 Å². The number of benzene rings is 2. The van der Waals surface area contributed by atoms with Gasteiger partial charge in [-0.1, -0.05) is 18.2 Å². The highest BCUT2D eigenvalue weighted by atomic mass is 16.6. The average molecular weight is 410 g/mol. The molecule has 0 saturated heterocycles. The molecule has 0 fully saturated rings. The smallest absolute Gasteiger partial charge is 0.326 e.